The van der Waals surface area contributed by atoms with Crippen molar-refractivity contribution in [3.05, 3.63) is 11.6 Å². The molecular weight excluding hydrogens is 270 g/mol. The number of likely N-dealkylation sites (N-methyl/N-ethyl adjacent to an activating group) is 1. The summed E-state index contributed by atoms with van der Waals surface area (Å²) in [7, 11) is 1.59. The maximum Gasteiger partial charge on any atom is 0.227 e. The van der Waals surface area contributed by atoms with Gasteiger partial charge in [-0.2, -0.15) is 5.10 Å². The number of hydrogen-bond acceptors (Lipinski definition) is 5. The van der Waals surface area contributed by atoms with Crippen LogP contribution in [0.15, 0.2) is 0 Å². The lowest BCUT2D eigenvalue weighted by molar-refractivity contribution is -0.120. The minimum Gasteiger partial charge on any atom is -0.391 e. The zero-order valence-electron chi connectivity index (χ0n) is 13.1. The molecule has 0 radical (unpaired) electrons. The fourth-order valence-corrected chi connectivity index (χ4v) is 2.69. The maximum atomic E-state index is 11.5. The molecule has 7 nitrogen and oxygen atoms in total. The maximum absolute atomic E-state index is 11.5. The number of nitrogens with one attached hydrogen (secondary N) is 1. The Morgan fingerprint density at radius 1 is 1.48 bits per heavy atom. The molecule has 0 unspecified atom stereocenters. The van der Waals surface area contributed by atoms with Gasteiger partial charge in [-0.05, 0) is 33.6 Å². The zero-order chi connectivity index (χ0) is 15.8. The number of hydrogen-bond donors (Lipinski definition) is 3. The van der Waals surface area contributed by atoms with Gasteiger partial charge in [0.05, 0.1) is 18.1 Å². The normalized spacial score (nSPS) is 26.1. The molecule has 0 aromatic carbocycles. The fourth-order valence-electron chi connectivity index (χ4n) is 2.69. The summed E-state index contributed by atoms with van der Waals surface area (Å²) >= 11 is 0. The van der Waals surface area contributed by atoms with Crippen molar-refractivity contribution in [2.24, 2.45) is 5.73 Å². The average molecular weight is 295 g/mol. The number of aliphatic hydroxyl groups is 1. The van der Waals surface area contributed by atoms with Gasteiger partial charge in [-0.25, -0.2) is 9.67 Å². The summed E-state index contributed by atoms with van der Waals surface area (Å²) in [4.78, 5) is 16.1. The van der Waals surface area contributed by atoms with Gasteiger partial charge in [0, 0.05) is 19.0 Å². The highest BCUT2D eigenvalue weighted by Crippen LogP contribution is 2.34. The predicted molar refractivity (Wildman–Crippen MR) is 78.7 cm³/mol. The Morgan fingerprint density at radius 3 is 2.62 bits per heavy atom. The van der Waals surface area contributed by atoms with Gasteiger partial charge in [0.15, 0.2) is 5.82 Å². The Balaban J connectivity index is 2.32. The van der Waals surface area contributed by atoms with Crippen LogP contribution in [0.25, 0.3) is 0 Å². The van der Waals surface area contributed by atoms with Crippen molar-refractivity contribution in [2.75, 3.05) is 7.05 Å². The van der Waals surface area contributed by atoms with Crippen LogP contribution < -0.4 is 11.1 Å². The van der Waals surface area contributed by atoms with E-state index < -0.39 is 6.10 Å². The van der Waals surface area contributed by atoms with Crippen LogP contribution in [-0.2, 0) is 16.8 Å². The second-order valence-corrected chi connectivity index (χ2v) is 6.72. The third-order valence-corrected chi connectivity index (χ3v) is 3.85. The molecule has 4 N–H and O–H groups in total. The van der Waals surface area contributed by atoms with Gasteiger partial charge in [0.25, 0.3) is 0 Å². The zero-order valence-corrected chi connectivity index (χ0v) is 13.1. The van der Waals surface area contributed by atoms with Crippen LogP contribution in [0, 0.1) is 0 Å². The smallest absolute Gasteiger partial charge is 0.227 e. The summed E-state index contributed by atoms with van der Waals surface area (Å²) in [6.45, 7) is 6.13. The van der Waals surface area contributed by atoms with E-state index in [0.717, 1.165) is 5.82 Å². The Labute approximate surface area is 124 Å². The highest BCUT2D eigenvalue weighted by Gasteiger charge is 2.36. The van der Waals surface area contributed by atoms with Gasteiger partial charge >= 0.3 is 0 Å². The van der Waals surface area contributed by atoms with E-state index in [4.69, 9.17) is 5.73 Å². The van der Waals surface area contributed by atoms with E-state index in [9.17, 15) is 9.90 Å². The van der Waals surface area contributed by atoms with Crippen molar-refractivity contribution in [1.82, 2.24) is 20.1 Å². The summed E-state index contributed by atoms with van der Waals surface area (Å²) in [5.41, 5.74) is 5.67. The van der Waals surface area contributed by atoms with Gasteiger partial charge in [0.2, 0.25) is 5.91 Å². The molecule has 1 amide bonds. The van der Waals surface area contributed by atoms with Crippen LogP contribution >= 0.6 is 0 Å². The Hall–Kier alpha value is -1.47. The Bertz CT molecular complexity index is 510. The summed E-state index contributed by atoms with van der Waals surface area (Å²) in [5.74, 6) is 1.29. The third kappa shape index (κ3) is 3.41. The molecule has 0 spiro atoms. The standard InChI is InChI=1S/C14H25N5O2/c1-14(2,3)19-13(8-5-9(15)10(20)6-8)17-11(18-19)7-12(21)16-4/h8-10,20H,5-7,15H2,1-4H3,(H,16,21)/t8-,9-,10-/m0/s1. The molecular formula is C14H25N5O2. The minimum atomic E-state index is -0.498. The lowest BCUT2D eigenvalue weighted by Gasteiger charge is -2.23. The molecule has 21 heavy (non-hydrogen) atoms. The number of rotatable bonds is 3. The molecule has 2 rings (SSSR count). The number of carbonyl (C=O) groups is 1. The van der Waals surface area contributed by atoms with Gasteiger partial charge in [-0.15, -0.1) is 0 Å². The molecule has 1 saturated carbocycles. The molecule has 0 aliphatic heterocycles. The largest absolute Gasteiger partial charge is 0.391 e. The monoisotopic (exact) mass is 295 g/mol. The first-order valence-corrected chi connectivity index (χ1v) is 7.33. The van der Waals surface area contributed by atoms with Gasteiger partial charge in [-0.3, -0.25) is 4.79 Å². The van der Waals surface area contributed by atoms with Gasteiger partial charge < -0.3 is 16.2 Å². The number of carbonyl (C=O) groups excluding carboxylic acids is 1. The van der Waals surface area contributed by atoms with Crippen LogP contribution in [0.1, 0.15) is 51.2 Å². The van der Waals surface area contributed by atoms with Crippen LogP contribution in [-0.4, -0.2) is 45.0 Å². The van der Waals surface area contributed by atoms with Gasteiger partial charge in [-0.1, -0.05) is 0 Å². The van der Waals surface area contributed by atoms with E-state index in [0.29, 0.717) is 18.7 Å². The molecule has 1 aromatic heterocycles. The van der Waals surface area contributed by atoms with Crippen LogP contribution in [0.5, 0.6) is 0 Å². The molecule has 0 saturated heterocycles. The molecule has 1 aliphatic carbocycles. The summed E-state index contributed by atoms with van der Waals surface area (Å²) in [6.07, 6.45) is 0.945. The van der Waals surface area contributed by atoms with Crippen molar-refractivity contribution >= 4 is 5.91 Å². The van der Waals surface area contributed by atoms with E-state index in [1.54, 1.807) is 7.05 Å². The first-order valence-electron chi connectivity index (χ1n) is 7.33. The molecule has 7 heteroatoms. The summed E-state index contributed by atoms with van der Waals surface area (Å²) in [6, 6.07) is -0.220. The summed E-state index contributed by atoms with van der Waals surface area (Å²) < 4.78 is 1.86. The van der Waals surface area contributed by atoms with E-state index in [1.165, 1.54) is 0 Å². The molecule has 1 fully saturated rings. The van der Waals surface area contributed by atoms with E-state index >= 15 is 0 Å². The second-order valence-electron chi connectivity index (χ2n) is 6.72. The van der Waals surface area contributed by atoms with Crippen molar-refractivity contribution in [3.8, 4) is 0 Å². The first kappa shape index (κ1) is 15.9. The molecule has 118 valence electrons. The van der Waals surface area contributed by atoms with Crippen molar-refractivity contribution in [2.45, 2.75) is 63.6 Å². The summed E-state index contributed by atoms with van der Waals surface area (Å²) in [5, 5.41) is 16.9. The number of amides is 1. The lowest BCUT2D eigenvalue weighted by atomic mass is 10.0. The SMILES string of the molecule is CNC(=O)Cc1nc([C@H]2C[C@H](N)[C@@H](O)C2)n(C(C)(C)C)n1. The van der Waals surface area contributed by atoms with E-state index in [2.05, 4.69) is 15.4 Å². The third-order valence-electron chi connectivity index (χ3n) is 3.85. The van der Waals surface area contributed by atoms with Crippen molar-refractivity contribution in [1.29, 1.82) is 0 Å². The number of nitrogens with zero attached hydrogens (tertiary/aromatic N) is 3. The van der Waals surface area contributed by atoms with E-state index in [-0.39, 0.29) is 29.8 Å². The Kier molecular flexibility index (Phi) is 4.34. The predicted octanol–water partition coefficient (Wildman–Crippen LogP) is -0.113. The average Bonchev–Trinajstić information content (AvgIpc) is 2.93. The fraction of sp³-hybridized carbons (Fsp3) is 0.786. The Morgan fingerprint density at radius 2 is 2.14 bits per heavy atom. The molecule has 1 aromatic rings. The van der Waals surface area contributed by atoms with Crippen LogP contribution in [0.2, 0.25) is 0 Å². The van der Waals surface area contributed by atoms with Crippen LogP contribution in [0.3, 0.4) is 0 Å². The molecule has 0 bridgehead atoms. The molecule has 1 aliphatic rings. The molecule has 1 heterocycles. The number of aliphatic hydroxyl groups excluding tert-OH is 1. The van der Waals surface area contributed by atoms with Crippen molar-refractivity contribution in [3.63, 3.8) is 0 Å². The quantitative estimate of drug-likeness (QED) is 0.721. The van der Waals surface area contributed by atoms with E-state index in [1.807, 2.05) is 25.5 Å². The first-order chi connectivity index (χ1) is 9.72. The highest BCUT2D eigenvalue weighted by molar-refractivity contribution is 5.77. The minimum absolute atomic E-state index is 0.0835. The molecule has 3 atom stereocenters. The lowest BCUT2D eigenvalue weighted by Crippen LogP contribution is -2.28. The second kappa shape index (κ2) is 5.73. The highest BCUT2D eigenvalue weighted by atomic mass is 16.3. The number of nitrogens with two attached hydrogens (primary N) is 1. The van der Waals surface area contributed by atoms with Gasteiger partial charge in [0.1, 0.15) is 5.82 Å². The number of aromatic nitrogens is 3. The van der Waals surface area contributed by atoms with Crippen molar-refractivity contribution < 1.29 is 9.90 Å². The van der Waals surface area contributed by atoms with Crippen LogP contribution in [0.4, 0.5) is 0 Å². The topological polar surface area (TPSA) is 106 Å².